The minimum Gasteiger partial charge on any atom is -0.312 e. The van der Waals surface area contributed by atoms with Crippen LogP contribution in [0.25, 0.3) is 10.9 Å². The largest absolute Gasteiger partial charge is 0.312 e. The summed E-state index contributed by atoms with van der Waals surface area (Å²) in [6.07, 6.45) is 3.99. The number of benzene rings is 1. The molecular weight excluding hydrogens is 218 g/mol. The highest BCUT2D eigenvalue weighted by Gasteiger charge is 2.00. The van der Waals surface area contributed by atoms with Gasteiger partial charge in [-0.05, 0) is 17.9 Å². The number of nitrogens with zero attached hydrogens (tertiary/aromatic N) is 1. The van der Waals surface area contributed by atoms with Crippen molar-refractivity contribution in [3.05, 3.63) is 30.0 Å². The molecule has 0 radical (unpaired) electrons. The maximum absolute atomic E-state index is 4.02. The summed E-state index contributed by atoms with van der Waals surface area (Å²) in [6.45, 7) is 4.19. The first-order valence-corrected chi connectivity index (χ1v) is 6.74. The molecule has 1 heterocycles. The molecule has 4 heteroatoms. The molecule has 86 valence electrons. The Morgan fingerprint density at radius 2 is 2.38 bits per heavy atom. The Morgan fingerprint density at radius 3 is 3.19 bits per heavy atom. The average Bonchev–Trinajstić information content (AvgIpc) is 2.76. The minimum atomic E-state index is 0.663. The average molecular weight is 235 g/mol. The SMILES string of the molecule is CSC(C)CNCc1ccc2cn[nH]c2c1. The van der Waals surface area contributed by atoms with Gasteiger partial charge in [0.15, 0.2) is 0 Å². The minimum absolute atomic E-state index is 0.663. The van der Waals surface area contributed by atoms with E-state index < -0.39 is 0 Å². The van der Waals surface area contributed by atoms with Crippen molar-refractivity contribution in [1.29, 1.82) is 0 Å². The quantitative estimate of drug-likeness (QED) is 0.836. The molecule has 1 aromatic heterocycles. The first-order valence-electron chi connectivity index (χ1n) is 5.45. The third kappa shape index (κ3) is 2.77. The second-order valence-corrected chi connectivity index (χ2v) is 5.24. The Balaban J connectivity index is 1.93. The number of nitrogens with one attached hydrogen (secondary N) is 2. The van der Waals surface area contributed by atoms with Crippen molar-refractivity contribution in [1.82, 2.24) is 15.5 Å². The molecule has 0 aliphatic carbocycles. The van der Waals surface area contributed by atoms with Gasteiger partial charge in [0.25, 0.3) is 0 Å². The highest BCUT2D eigenvalue weighted by Crippen LogP contribution is 2.12. The molecule has 16 heavy (non-hydrogen) atoms. The second-order valence-electron chi connectivity index (χ2n) is 3.97. The van der Waals surface area contributed by atoms with Gasteiger partial charge in [-0.25, -0.2) is 0 Å². The fraction of sp³-hybridized carbons (Fsp3) is 0.417. The molecule has 3 nitrogen and oxygen atoms in total. The number of hydrogen-bond acceptors (Lipinski definition) is 3. The van der Waals surface area contributed by atoms with Crippen molar-refractivity contribution in [2.24, 2.45) is 0 Å². The lowest BCUT2D eigenvalue weighted by Gasteiger charge is -2.09. The number of fused-ring (bicyclic) bond motifs is 1. The van der Waals surface area contributed by atoms with Crippen molar-refractivity contribution in [2.45, 2.75) is 18.7 Å². The third-order valence-corrected chi connectivity index (χ3v) is 3.64. The van der Waals surface area contributed by atoms with Gasteiger partial charge in [-0.3, -0.25) is 5.10 Å². The maximum atomic E-state index is 4.02. The van der Waals surface area contributed by atoms with E-state index in [0.717, 1.165) is 18.6 Å². The maximum Gasteiger partial charge on any atom is 0.0653 e. The summed E-state index contributed by atoms with van der Waals surface area (Å²) in [5.41, 5.74) is 2.40. The predicted octanol–water partition coefficient (Wildman–Crippen LogP) is 2.40. The van der Waals surface area contributed by atoms with E-state index in [4.69, 9.17) is 0 Å². The molecule has 0 bridgehead atoms. The van der Waals surface area contributed by atoms with Gasteiger partial charge in [-0.1, -0.05) is 19.1 Å². The molecule has 0 saturated carbocycles. The van der Waals surface area contributed by atoms with E-state index in [1.807, 2.05) is 18.0 Å². The van der Waals surface area contributed by atoms with Crippen molar-refractivity contribution >= 4 is 22.7 Å². The molecule has 0 saturated heterocycles. The molecular formula is C12H17N3S. The molecule has 2 aromatic rings. The lowest BCUT2D eigenvalue weighted by Crippen LogP contribution is -2.21. The molecule has 1 atom stereocenters. The summed E-state index contributed by atoms with van der Waals surface area (Å²) < 4.78 is 0. The van der Waals surface area contributed by atoms with Crippen LogP contribution in [0.4, 0.5) is 0 Å². The highest BCUT2D eigenvalue weighted by atomic mass is 32.2. The van der Waals surface area contributed by atoms with Gasteiger partial charge in [0.1, 0.15) is 0 Å². The first kappa shape index (κ1) is 11.5. The highest BCUT2D eigenvalue weighted by molar-refractivity contribution is 7.99. The molecule has 2 N–H and O–H groups in total. The zero-order valence-electron chi connectivity index (χ0n) is 9.66. The van der Waals surface area contributed by atoms with Crippen LogP contribution in [0.2, 0.25) is 0 Å². The summed E-state index contributed by atoms with van der Waals surface area (Å²) in [7, 11) is 0. The predicted molar refractivity (Wildman–Crippen MR) is 70.8 cm³/mol. The van der Waals surface area contributed by atoms with Crippen LogP contribution in [0.1, 0.15) is 12.5 Å². The number of rotatable bonds is 5. The van der Waals surface area contributed by atoms with Crippen molar-refractivity contribution in [3.63, 3.8) is 0 Å². The number of aromatic amines is 1. The number of H-pyrrole nitrogens is 1. The number of thioether (sulfide) groups is 1. The molecule has 0 amide bonds. The fourth-order valence-corrected chi connectivity index (χ4v) is 1.88. The standard InChI is InChI=1S/C12H17N3S/c1-9(16-2)6-13-7-10-3-4-11-8-14-15-12(11)5-10/h3-5,8-9,13H,6-7H2,1-2H3,(H,14,15). The summed E-state index contributed by atoms with van der Waals surface area (Å²) in [5, 5.41) is 12.3. The van der Waals surface area contributed by atoms with Gasteiger partial charge in [0.2, 0.25) is 0 Å². The van der Waals surface area contributed by atoms with Gasteiger partial charge in [0, 0.05) is 23.7 Å². The van der Waals surface area contributed by atoms with Crippen LogP contribution in [0, 0.1) is 0 Å². The Labute approximate surface area is 100 Å². The molecule has 1 aromatic carbocycles. The fourth-order valence-electron chi connectivity index (χ4n) is 1.60. The molecule has 0 fully saturated rings. The number of aromatic nitrogens is 2. The Kier molecular flexibility index (Phi) is 3.85. The van der Waals surface area contributed by atoms with E-state index in [2.05, 4.69) is 46.9 Å². The molecule has 0 aliphatic rings. The molecule has 1 unspecified atom stereocenters. The van der Waals surface area contributed by atoms with Crippen LogP contribution in [-0.2, 0) is 6.54 Å². The molecule has 0 spiro atoms. The van der Waals surface area contributed by atoms with E-state index in [-0.39, 0.29) is 0 Å². The normalized spacial score (nSPS) is 13.1. The van der Waals surface area contributed by atoms with Crippen LogP contribution in [0.15, 0.2) is 24.4 Å². The third-order valence-electron chi connectivity index (χ3n) is 2.67. The number of hydrogen-bond donors (Lipinski definition) is 2. The Hall–Kier alpha value is -1.00. The first-order chi connectivity index (χ1) is 7.79. The topological polar surface area (TPSA) is 40.7 Å². The van der Waals surface area contributed by atoms with Crippen LogP contribution in [0.3, 0.4) is 0 Å². The molecule has 0 aliphatic heterocycles. The van der Waals surface area contributed by atoms with Crippen LogP contribution in [-0.4, -0.2) is 28.2 Å². The van der Waals surface area contributed by atoms with Crippen molar-refractivity contribution in [2.75, 3.05) is 12.8 Å². The smallest absolute Gasteiger partial charge is 0.0653 e. The summed E-state index contributed by atoms with van der Waals surface area (Å²) in [5.74, 6) is 0. The van der Waals surface area contributed by atoms with E-state index in [1.54, 1.807) is 0 Å². The molecule has 2 rings (SSSR count). The van der Waals surface area contributed by atoms with Gasteiger partial charge < -0.3 is 5.32 Å². The van der Waals surface area contributed by atoms with Crippen LogP contribution in [0.5, 0.6) is 0 Å². The summed E-state index contributed by atoms with van der Waals surface area (Å²) in [6, 6.07) is 6.40. The monoisotopic (exact) mass is 235 g/mol. The van der Waals surface area contributed by atoms with E-state index in [9.17, 15) is 0 Å². The van der Waals surface area contributed by atoms with Crippen LogP contribution < -0.4 is 5.32 Å². The van der Waals surface area contributed by atoms with Gasteiger partial charge in [0.05, 0.1) is 11.7 Å². The lowest BCUT2D eigenvalue weighted by molar-refractivity contribution is 0.685. The zero-order valence-corrected chi connectivity index (χ0v) is 10.5. The zero-order chi connectivity index (χ0) is 11.4. The second kappa shape index (κ2) is 5.37. The van der Waals surface area contributed by atoms with Crippen molar-refractivity contribution in [3.8, 4) is 0 Å². The van der Waals surface area contributed by atoms with Crippen molar-refractivity contribution < 1.29 is 0 Å². The van der Waals surface area contributed by atoms with Gasteiger partial charge >= 0.3 is 0 Å². The summed E-state index contributed by atoms with van der Waals surface area (Å²) in [4.78, 5) is 0. The van der Waals surface area contributed by atoms with Gasteiger partial charge in [-0.15, -0.1) is 0 Å². The Morgan fingerprint density at radius 1 is 1.50 bits per heavy atom. The van der Waals surface area contributed by atoms with E-state index in [0.29, 0.717) is 5.25 Å². The van der Waals surface area contributed by atoms with Crippen LogP contribution >= 0.6 is 11.8 Å². The Bertz CT molecular complexity index is 452. The van der Waals surface area contributed by atoms with Gasteiger partial charge in [-0.2, -0.15) is 16.9 Å². The van der Waals surface area contributed by atoms with E-state index in [1.165, 1.54) is 10.9 Å². The summed E-state index contributed by atoms with van der Waals surface area (Å²) >= 11 is 1.89. The van der Waals surface area contributed by atoms with E-state index >= 15 is 0 Å². The lowest BCUT2D eigenvalue weighted by atomic mass is 10.1.